The van der Waals surface area contributed by atoms with Crippen LogP contribution in [0.1, 0.15) is 17.4 Å². The highest BCUT2D eigenvalue weighted by Gasteiger charge is 2.16. The molecule has 0 atom stereocenters. The van der Waals surface area contributed by atoms with E-state index in [1.54, 1.807) is 16.8 Å². The predicted octanol–water partition coefficient (Wildman–Crippen LogP) is 3.80. The van der Waals surface area contributed by atoms with Crippen molar-refractivity contribution in [3.05, 3.63) is 52.3 Å². The molecule has 19 heavy (non-hydrogen) atoms. The highest BCUT2D eigenvalue weighted by molar-refractivity contribution is 9.10. The first-order valence-electron chi connectivity index (χ1n) is 5.64. The molecule has 0 aliphatic heterocycles. The second-order valence-electron chi connectivity index (χ2n) is 3.88. The lowest BCUT2D eigenvalue weighted by atomic mass is 10.2. The molecule has 0 aliphatic carbocycles. The molecule has 100 valence electrons. The number of anilines is 1. The number of halogens is 3. The molecular formula is C13H11BrF2N2O. The van der Waals surface area contributed by atoms with Crippen molar-refractivity contribution in [1.29, 1.82) is 0 Å². The Labute approximate surface area is 117 Å². The minimum Gasteiger partial charge on any atom is -0.343 e. The van der Waals surface area contributed by atoms with Crippen molar-refractivity contribution in [2.45, 2.75) is 13.5 Å². The number of aromatic nitrogens is 1. The number of carbonyl (C=O) groups excluding carboxylic acids is 1. The van der Waals surface area contributed by atoms with Gasteiger partial charge in [-0.3, -0.25) is 4.79 Å². The molecule has 1 N–H and O–H groups in total. The Morgan fingerprint density at radius 3 is 2.58 bits per heavy atom. The molecule has 2 rings (SSSR count). The van der Waals surface area contributed by atoms with Gasteiger partial charge in [0.05, 0.1) is 0 Å². The summed E-state index contributed by atoms with van der Waals surface area (Å²) in [6, 6.07) is 5.02. The molecule has 2 aromatic rings. The van der Waals surface area contributed by atoms with E-state index in [1.807, 2.05) is 6.92 Å². The predicted molar refractivity (Wildman–Crippen MR) is 72.1 cm³/mol. The second-order valence-corrected chi connectivity index (χ2v) is 4.80. The van der Waals surface area contributed by atoms with Crippen molar-refractivity contribution >= 4 is 27.5 Å². The fourth-order valence-corrected chi connectivity index (χ4v) is 2.19. The summed E-state index contributed by atoms with van der Waals surface area (Å²) in [7, 11) is 0. The molecule has 1 aromatic heterocycles. The Morgan fingerprint density at radius 1 is 1.37 bits per heavy atom. The maximum Gasteiger partial charge on any atom is 0.272 e. The lowest BCUT2D eigenvalue weighted by molar-refractivity contribution is 0.101. The average Bonchev–Trinajstić information content (AvgIpc) is 2.75. The van der Waals surface area contributed by atoms with E-state index < -0.39 is 23.2 Å². The van der Waals surface area contributed by atoms with Crippen molar-refractivity contribution in [2.75, 3.05) is 5.32 Å². The summed E-state index contributed by atoms with van der Waals surface area (Å²) < 4.78 is 29.3. The summed E-state index contributed by atoms with van der Waals surface area (Å²) in [4.78, 5) is 12.0. The smallest absolute Gasteiger partial charge is 0.272 e. The summed E-state index contributed by atoms with van der Waals surface area (Å²) in [5, 5.41) is 2.25. The van der Waals surface area contributed by atoms with E-state index in [1.165, 1.54) is 6.07 Å². The zero-order valence-corrected chi connectivity index (χ0v) is 11.7. The number of para-hydroxylation sites is 1. The van der Waals surface area contributed by atoms with Gasteiger partial charge in [-0.15, -0.1) is 0 Å². The van der Waals surface area contributed by atoms with Gasteiger partial charge in [-0.25, -0.2) is 8.78 Å². The summed E-state index contributed by atoms with van der Waals surface area (Å²) in [5.74, 6) is -2.17. The van der Waals surface area contributed by atoms with Crippen molar-refractivity contribution in [1.82, 2.24) is 4.57 Å². The van der Waals surface area contributed by atoms with Crippen LogP contribution in [0.5, 0.6) is 0 Å². The van der Waals surface area contributed by atoms with Gasteiger partial charge in [0.1, 0.15) is 23.0 Å². The number of amides is 1. The minimum absolute atomic E-state index is 0.331. The number of nitrogens with zero attached hydrogens (tertiary/aromatic N) is 1. The van der Waals surface area contributed by atoms with Crippen molar-refractivity contribution in [3.63, 3.8) is 0 Å². The molecule has 0 fully saturated rings. The molecular weight excluding hydrogens is 318 g/mol. The third-order valence-electron chi connectivity index (χ3n) is 2.64. The first-order chi connectivity index (χ1) is 9.02. The van der Waals surface area contributed by atoms with Gasteiger partial charge < -0.3 is 9.88 Å². The van der Waals surface area contributed by atoms with Gasteiger partial charge in [0.15, 0.2) is 0 Å². The van der Waals surface area contributed by atoms with Crippen LogP contribution < -0.4 is 5.32 Å². The van der Waals surface area contributed by atoms with Crippen molar-refractivity contribution in [3.8, 4) is 0 Å². The molecule has 0 bridgehead atoms. The number of benzene rings is 1. The molecule has 0 aliphatic rings. The van der Waals surface area contributed by atoms with Crippen molar-refractivity contribution in [2.24, 2.45) is 0 Å². The summed E-state index contributed by atoms with van der Waals surface area (Å²) >= 11 is 3.26. The molecule has 3 nitrogen and oxygen atoms in total. The quantitative estimate of drug-likeness (QED) is 0.913. The fourth-order valence-electron chi connectivity index (χ4n) is 1.72. The first-order valence-corrected chi connectivity index (χ1v) is 6.43. The largest absolute Gasteiger partial charge is 0.343 e. The van der Waals surface area contributed by atoms with E-state index in [0.717, 1.165) is 16.6 Å². The standard InChI is InChI=1S/C13H11BrF2N2O/c1-2-18-7-8(14)6-11(18)13(19)17-12-9(15)4-3-5-10(12)16/h3-7H,2H2,1H3,(H,17,19). The molecule has 6 heteroatoms. The Morgan fingerprint density at radius 2 is 2.00 bits per heavy atom. The van der Waals surface area contributed by atoms with Crippen LogP contribution in [0.2, 0.25) is 0 Å². The Balaban J connectivity index is 2.31. The van der Waals surface area contributed by atoms with Gasteiger partial charge in [0.2, 0.25) is 0 Å². The van der Waals surface area contributed by atoms with Crippen molar-refractivity contribution < 1.29 is 13.6 Å². The number of nitrogens with one attached hydrogen (secondary N) is 1. The van der Waals surface area contributed by atoms with E-state index in [2.05, 4.69) is 21.2 Å². The van der Waals surface area contributed by atoms with E-state index in [0.29, 0.717) is 12.2 Å². The van der Waals surface area contributed by atoms with E-state index in [9.17, 15) is 13.6 Å². The van der Waals surface area contributed by atoms with E-state index in [-0.39, 0.29) is 0 Å². The van der Waals surface area contributed by atoms with Crippen LogP contribution >= 0.6 is 15.9 Å². The third-order valence-corrected chi connectivity index (χ3v) is 3.07. The maximum absolute atomic E-state index is 13.4. The number of aryl methyl sites for hydroxylation is 1. The average molecular weight is 329 g/mol. The molecule has 1 amide bonds. The Kier molecular flexibility index (Phi) is 3.99. The van der Waals surface area contributed by atoms with Crippen LogP contribution in [0.25, 0.3) is 0 Å². The van der Waals surface area contributed by atoms with Gasteiger partial charge in [0, 0.05) is 17.2 Å². The van der Waals surface area contributed by atoms with Crippen LogP contribution in [0.3, 0.4) is 0 Å². The van der Waals surface area contributed by atoms with Crippen LogP contribution in [0.4, 0.5) is 14.5 Å². The molecule has 0 saturated heterocycles. The fraction of sp³-hybridized carbons (Fsp3) is 0.154. The third kappa shape index (κ3) is 2.84. The molecule has 1 aromatic carbocycles. The van der Waals surface area contributed by atoms with Gasteiger partial charge in [0.25, 0.3) is 5.91 Å². The minimum atomic E-state index is -0.804. The summed E-state index contributed by atoms with van der Waals surface area (Å²) in [6.45, 7) is 2.45. The zero-order chi connectivity index (χ0) is 14.0. The lowest BCUT2D eigenvalue weighted by Crippen LogP contribution is -2.18. The van der Waals surface area contributed by atoms with Gasteiger partial charge in [-0.2, -0.15) is 0 Å². The van der Waals surface area contributed by atoms with Gasteiger partial charge in [-0.1, -0.05) is 6.07 Å². The molecule has 0 unspecified atom stereocenters. The Hall–Kier alpha value is -1.69. The zero-order valence-electron chi connectivity index (χ0n) is 10.1. The number of hydrogen-bond donors (Lipinski definition) is 1. The highest BCUT2D eigenvalue weighted by atomic mass is 79.9. The monoisotopic (exact) mass is 328 g/mol. The maximum atomic E-state index is 13.4. The van der Waals surface area contributed by atoms with Crippen LogP contribution in [-0.4, -0.2) is 10.5 Å². The normalized spacial score (nSPS) is 10.5. The molecule has 0 saturated carbocycles. The van der Waals surface area contributed by atoms with Gasteiger partial charge >= 0.3 is 0 Å². The SMILES string of the molecule is CCn1cc(Br)cc1C(=O)Nc1c(F)cccc1F. The first kappa shape index (κ1) is 13.7. The summed E-state index contributed by atoms with van der Waals surface area (Å²) in [5.41, 5.74) is -0.107. The summed E-state index contributed by atoms with van der Waals surface area (Å²) in [6.07, 6.45) is 1.73. The Bertz CT molecular complexity index is 605. The lowest BCUT2D eigenvalue weighted by Gasteiger charge is -2.09. The molecule has 1 heterocycles. The second kappa shape index (κ2) is 5.52. The van der Waals surface area contributed by atoms with E-state index >= 15 is 0 Å². The highest BCUT2D eigenvalue weighted by Crippen LogP contribution is 2.21. The molecule has 0 radical (unpaired) electrons. The van der Waals surface area contributed by atoms with Crippen LogP contribution in [0.15, 0.2) is 34.9 Å². The van der Waals surface area contributed by atoms with Gasteiger partial charge in [-0.05, 0) is 41.1 Å². The van der Waals surface area contributed by atoms with Crippen LogP contribution in [0, 0.1) is 11.6 Å². The topological polar surface area (TPSA) is 34.0 Å². The number of carbonyl (C=O) groups is 1. The number of hydrogen-bond acceptors (Lipinski definition) is 1. The van der Waals surface area contributed by atoms with E-state index in [4.69, 9.17) is 0 Å². The van der Waals surface area contributed by atoms with Crippen LogP contribution in [-0.2, 0) is 6.54 Å². The number of rotatable bonds is 3. The molecule has 0 spiro atoms.